The van der Waals surface area contributed by atoms with E-state index >= 15 is 0 Å². The maximum atomic E-state index is 13.2. The van der Waals surface area contributed by atoms with Gasteiger partial charge in [0, 0.05) is 31.5 Å². The van der Waals surface area contributed by atoms with Crippen molar-refractivity contribution >= 4 is 15.9 Å². The zero-order valence-corrected chi connectivity index (χ0v) is 17.2. The number of hydrogen-bond acceptors (Lipinski definition) is 4. The smallest absolute Gasteiger partial charge is 0.243 e. The predicted molar refractivity (Wildman–Crippen MR) is 107 cm³/mol. The fourth-order valence-corrected chi connectivity index (χ4v) is 5.27. The molecule has 0 spiro atoms. The number of amides is 1. The van der Waals surface area contributed by atoms with Crippen molar-refractivity contribution < 1.29 is 17.6 Å². The van der Waals surface area contributed by atoms with E-state index in [2.05, 4.69) is 10.3 Å². The van der Waals surface area contributed by atoms with E-state index in [1.165, 1.54) is 16.4 Å². The van der Waals surface area contributed by atoms with Crippen LogP contribution in [0, 0.1) is 5.82 Å². The Morgan fingerprint density at radius 1 is 1.21 bits per heavy atom. The van der Waals surface area contributed by atoms with Gasteiger partial charge in [0.2, 0.25) is 15.9 Å². The predicted octanol–water partition coefficient (Wildman–Crippen LogP) is 2.55. The monoisotopic (exact) mass is 422 g/mol. The van der Waals surface area contributed by atoms with Crippen LogP contribution < -0.4 is 5.32 Å². The quantitative estimate of drug-likeness (QED) is 0.630. The van der Waals surface area contributed by atoms with Gasteiger partial charge in [0.05, 0.1) is 17.8 Å². The van der Waals surface area contributed by atoms with Crippen LogP contribution in [0.4, 0.5) is 4.39 Å². The first-order chi connectivity index (χ1) is 14.0. The van der Waals surface area contributed by atoms with Crippen LogP contribution in [0.3, 0.4) is 0 Å². The number of nitrogens with zero attached hydrogens (tertiary/aromatic N) is 3. The Labute approximate surface area is 171 Å². The molecule has 3 rings (SSSR count). The molecule has 0 unspecified atom stereocenters. The van der Waals surface area contributed by atoms with E-state index in [0.29, 0.717) is 6.54 Å². The van der Waals surface area contributed by atoms with Gasteiger partial charge in [0.1, 0.15) is 5.82 Å². The van der Waals surface area contributed by atoms with Crippen LogP contribution in [0.1, 0.15) is 38.5 Å². The van der Waals surface area contributed by atoms with Crippen LogP contribution in [-0.2, 0) is 21.4 Å². The number of benzene rings is 1. The third kappa shape index (κ3) is 5.86. The second-order valence-electron chi connectivity index (χ2n) is 7.30. The highest BCUT2D eigenvalue weighted by Gasteiger charge is 2.33. The fourth-order valence-electron chi connectivity index (χ4n) is 3.63. The summed E-state index contributed by atoms with van der Waals surface area (Å²) in [6, 6.07) is 4.55. The molecule has 1 amide bonds. The van der Waals surface area contributed by atoms with Crippen LogP contribution in [0.2, 0.25) is 0 Å². The molecule has 9 heteroatoms. The summed E-state index contributed by atoms with van der Waals surface area (Å²) >= 11 is 0. The van der Waals surface area contributed by atoms with Gasteiger partial charge < -0.3 is 9.88 Å². The first-order valence-corrected chi connectivity index (χ1v) is 11.4. The van der Waals surface area contributed by atoms with Crippen molar-refractivity contribution in [3.05, 3.63) is 48.8 Å². The molecule has 29 heavy (non-hydrogen) atoms. The Morgan fingerprint density at radius 3 is 2.59 bits per heavy atom. The topological polar surface area (TPSA) is 84.3 Å². The lowest BCUT2D eigenvalue weighted by molar-refractivity contribution is -0.121. The van der Waals surface area contributed by atoms with Crippen LogP contribution in [0.5, 0.6) is 0 Å². The number of carbonyl (C=O) groups excluding carboxylic acids is 1. The van der Waals surface area contributed by atoms with Gasteiger partial charge in [0.15, 0.2) is 0 Å². The van der Waals surface area contributed by atoms with Gasteiger partial charge in [-0.2, -0.15) is 4.31 Å². The maximum Gasteiger partial charge on any atom is 0.243 e. The van der Waals surface area contributed by atoms with Crippen molar-refractivity contribution in [3.8, 4) is 0 Å². The Kier molecular flexibility index (Phi) is 7.38. The summed E-state index contributed by atoms with van der Waals surface area (Å²) in [7, 11) is -3.89. The molecule has 7 nitrogen and oxygen atoms in total. The van der Waals surface area contributed by atoms with Crippen molar-refractivity contribution in [3.63, 3.8) is 0 Å². The summed E-state index contributed by atoms with van der Waals surface area (Å²) in [4.78, 5) is 16.5. The number of halogens is 1. The molecule has 1 aromatic heterocycles. The zero-order valence-electron chi connectivity index (χ0n) is 16.3. The number of carbonyl (C=O) groups is 1. The van der Waals surface area contributed by atoms with E-state index in [0.717, 1.165) is 57.2 Å². The minimum atomic E-state index is -3.89. The Balaban J connectivity index is 1.64. The number of hydrogen-bond donors (Lipinski definition) is 1. The first-order valence-electron chi connectivity index (χ1n) is 9.96. The lowest BCUT2D eigenvalue weighted by Gasteiger charge is -2.33. The molecule has 1 aliphatic carbocycles. The van der Waals surface area contributed by atoms with E-state index in [1.54, 1.807) is 12.5 Å². The molecule has 1 aliphatic rings. The number of imidazole rings is 1. The van der Waals surface area contributed by atoms with Crippen molar-refractivity contribution in [1.29, 1.82) is 0 Å². The molecule has 1 saturated carbocycles. The molecule has 1 aromatic carbocycles. The van der Waals surface area contributed by atoms with Gasteiger partial charge in [-0.25, -0.2) is 17.8 Å². The number of aromatic nitrogens is 2. The maximum absolute atomic E-state index is 13.2. The molecule has 0 radical (unpaired) electrons. The lowest BCUT2D eigenvalue weighted by atomic mass is 9.95. The van der Waals surface area contributed by atoms with E-state index < -0.39 is 15.8 Å². The average Bonchev–Trinajstić information content (AvgIpc) is 3.24. The minimum absolute atomic E-state index is 0.0115. The average molecular weight is 423 g/mol. The molecular weight excluding hydrogens is 395 g/mol. The van der Waals surface area contributed by atoms with Gasteiger partial charge in [-0.1, -0.05) is 19.3 Å². The molecule has 0 bridgehead atoms. The molecule has 1 fully saturated rings. The Hall–Kier alpha value is -2.26. The van der Waals surface area contributed by atoms with Gasteiger partial charge in [0.25, 0.3) is 0 Å². The Morgan fingerprint density at radius 2 is 1.93 bits per heavy atom. The summed E-state index contributed by atoms with van der Waals surface area (Å²) in [5.74, 6) is -0.823. The van der Waals surface area contributed by atoms with E-state index in [1.807, 2.05) is 10.8 Å². The third-order valence-electron chi connectivity index (χ3n) is 5.18. The van der Waals surface area contributed by atoms with Gasteiger partial charge in [-0.05, 0) is 43.5 Å². The highest BCUT2D eigenvalue weighted by Crippen LogP contribution is 2.27. The zero-order chi connectivity index (χ0) is 20.7. The summed E-state index contributed by atoms with van der Waals surface area (Å²) < 4.78 is 42.8. The van der Waals surface area contributed by atoms with E-state index in [-0.39, 0.29) is 23.4 Å². The van der Waals surface area contributed by atoms with Crippen LogP contribution in [0.25, 0.3) is 0 Å². The standard InChI is InChI=1S/C20H27FN4O3S/c21-17-7-9-19(10-8-17)29(27,28)25(18-5-2-1-3-6-18)15-20(26)23-11-4-13-24-14-12-22-16-24/h7-10,12,14,16,18H,1-6,11,13,15H2,(H,23,26). The highest BCUT2D eigenvalue weighted by molar-refractivity contribution is 7.89. The van der Waals surface area contributed by atoms with Crippen molar-refractivity contribution in [2.75, 3.05) is 13.1 Å². The lowest BCUT2D eigenvalue weighted by Crippen LogP contribution is -2.47. The SMILES string of the molecule is O=C(CN(C1CCCCC1)S(=O)(=O)c1ccc(F)cc1)NCCCn1ccnc1. The summed E-state index contributed by atoms with van der Waals surface area (Å²) in [6.45, 7) is 0.946. The van der Waals surface area contributed by atoms with E-state index in [4.69, 9.17) is 0 Å². The van der Waals surface area contributed by atoms with Crippen LogP contribution in [0.15, 0.2) is 47.9 Å². The van der Waals surface area contributed by atoms with E-state index in [9.17, 15) is 17.6 Å². The van der Waals surface area contributed by atoms with Crippen LogP contribution >= 0.6 is 0 Å². The summed E-state index contributed by atoms with van der Waals surface area (Å²) in [6.07, 6.45) is 10.4. The second-order valence-corrected chi connectivity index (χ2v) is 9.19. The van der Waals surface area contributed by atoms with Gasteiger partial charge >= 0.3 is 0 Å². The Bertz CT molecular complexity index is 879. The van der Waals surface area contributed by atoms with Crippen molar-refractivity contribution in [2.24, 2.45) is 0 Å². The largest absolute Gasteiger partial charge is 0.355 e. The molecular formula is C20H27FN4O3S. The summed E-state index contributed by atoms with van der Waals surface area (Å²) in [5.41, 5.74) is 0. The molecule has 158 valence electrons. The third-order valence-corrected chi connectivity index (χ3v) is 7.09. The fraction of sp³-hybridized carbons (Fsp3) is 0.500. The first kappa shape index (κ1) is 21.4. The highest BCUT2D eigenvalue weighted by atomic mass is 32.2. The second kappa shape index (κ2) is 9.98. The normalized spacial score (nSPS) is 15.5. The number of sulfonamides is 1. The molecule has 0 saturated heterocycles. The molecule has 2 aromatic rings. The van der Waals surface area contributed by atoms with Crippen molar-refractivity contribution in [2.45, 2.75) is 56.0 Å². The number of rotatable bonds is 9. The van der Waals surface area contributed by atoms with Gasteiger partial charge in [-0.15, -0.1) is 0 Å². The summed E-state index contributed by atoms with van der Waals surface area (Å²) in [5, 5.41) is 2.81. The molecule has 0 aliphatic heterocycles. The van der Waals surface area contributed by atoms with Crippen molar-refractivity contribution in [1.82, 2.24) is 19.2 Å². The minimum Gasteiger partial charge on any atom is -0.355 e. The molecule has 1 N–H and O–H groups in total. The number of nitrogens with one attached hydrogen (secondary N) is 1. The van der Waals surface area contributed by atoms with Gasteiger partial charge in [-0.3, -0.25) is 4.79 Å². The molecule has 1 heterocycles. The molecule has 0 atom stereocenters. The number of aryl methyl sites for hydroxylation is 1. The van der Waals surface area contributed by atoms with Crippen LogP contribution in [-0.4, -0.2) is 47.3 Å².